The zero-order valence-corrected chi connectivity index (χ0v) is 31.6. The third kappa shape index (κ3) is 7.54. The summed E-state index contributed by atoms with van der Waals surface area (Å²) >= 11 is 6.84. The fraction of sp³-hybridized carbons (Fsp3) is 0.317. The van der Waals surface area contributed by atoms with Gasteiger partial charge in [-0.1, -0.05) is 92.9 Å². The minimum Gasteiger partial charge on any atom is -0.337 e. The molecule has 2 atom stereocenters. The number of rotatable bonds is 12. The maximum Gasteiger partial charge on any atom is 0.275 e. The molecule has 9 nitrogen and oxygen atoms in total. The van der Waals surface area contributed by atoms with Crippen molar-refractivity contribution in [2.75, 3.05) is 19.6 Å². The van der Waals surface area contributed by atoms with Gasteiger partial charge in [-0.2, -0.15) is 5.10 Å². The maximum atomic E-state index is 14.6. The number of carbonyl (C=O) groups excluding carboxylic acids is 3. The predicted octanol–water partition coefficient (Wildman–Crippen LogP) is 8.24. The second kappa shape index (κ2) is 16.3. The molecule has 11 heteroatoms. The van der Waals surface area contributed by atoms with Crippen molar-refractivity contribution in [3.8, 4) is 5.69 Å². The second-order valence-corrected chi connectivity index (χ2v) is 14.8. The summed E-state index contributed by atoms with van der Waals surface area (Å²) in [6, 6.07) is 25.7. The Labute approximate surface area is 312 Å². The first-order chi connectivity index (χ1) is 25.1. The minimum absolute atomic E-state index is 0.123. The van der Waals surface area contributed by atoms with E-state index in [2.05, 4.69) is 24.6 Å². The van der Waals surface area contributed by atoms with E-state index in [4.69, 9.17) is 16.7 Å². The molecule has 270 valence electrons. The Kier molecular flexibility index (Phi) is 11.6. The smallest absolute Gasteiger partial charge is 0.275 e. The summed E-state index contributed by atoms with van der Waals surface area (Å²) in [5, 5.41) is 6.84. The lowest BCUT2D eigenvalue weighted by Gasteiger charge is -2.35. The molecule has 1 aromatic heterocycles. The van der Waals surface area contributed by atoms with Crippen LogP contribution in [0.25, 0.3) is 16.5 Å². The van der Waals surface area contributed by atoms with Gasteiger partial charge >= 0.3 is 0 Å². The van der Waals surface area contributed by atoms with Gasteiger partial charge in [0, 0.05) is 25.2 Å². The number of nitrogens with zero attached hydrogens (tertiary/aromatic N) is 4. The average Bonchev–Trinajstić information content (AvgIpc) is 3.46. The van der Waals surface area contributed by atoms with E-state index in [1.54, 1.807) is 41.0 Å². The molecule has 3 amide bonds. The van der Waals surface area contributed by atoms with Crippen molar-refractivity contribution < 1.29 is 18.6 Å². The van der Waals surface area contributed by atoms with Gasteiger partial charge in [-0.15, -0.1) is 0 Å². The third-order valence-corrected chi connectivity index (χ3v) is 11.3. The highest BCUT2D eigenvalue weighted by Gasteiger charge is 2.32. The summed E-state index contributed by atoms with van der Waals surface area (Å²) in [6.45, 7) is 9.59. The largest absolute Gasteiger partial charge is 0.337 e. The van der Waals surface area contributed by atoms with E-state index < -0.39 is 16.9 Å². The molecule has 52 heavy (non-hydrogen) atoms. The highest BCUT2D eigenvalue weighted by Crippen LogP contribution is 2.33. The molecule has 1 aliphatic rings. The molecule has 1 aliphatic heterocycles. The molecule has 2 unspecified atom stereocenters. The van der Waals surface area contributed by atoms with Crippen LogP contribution in [0.3, 0.4) is 0 Å². The average molecular weight is 738 g/mol. The van der Waals surface area contributed by atoms with Gasteiger partial charge in [0.05, 0.1) is 32.9 Å². The number of halogens is 1. The number of nitrogens with one attached hydrogen (secondary N) is 1. The van der Waals surface area contributed by atoms with Crippen molar-refractivity contribution in [1.29, 1.82) is 0 Å². The molecule has 5 aromatic rings. The SMILES string of the molecule is CCCCN(CCCC)C(=O)c1nn(-c2ccc(C(=O)NS(=O)c3ccc4ccccc4c3)cc2C(=O)N2CCc3ccccc3C2C)c(C)c1Cl. The van der Waals surface area contributed by atoms with Crippen LogP contribution in [-0.2, 0) is 17.4 Å². The number of aromatic nitrogens is 2. The van der Waals surface area contributed by atoms with Crippen molar-refractivity contribution >= 4 is 51.1 Å². The Bertz CT molecular complexity index is 2160. The molecule has 0 radical (unpaired) electrons. The molecule has 0 bridgehead atoms. The van der Waals surface area contributed by atoms with Gasteiger partial charge in [0.2, 0.25) is 0 Å². The number of carbonyl (C=O) groups is 3. The number of unbranched alkanes of at least 4 members (excludes halogenated alkanes) is 2. The lowest BCUT2D eigenvalue weighted by Crippen LogP contribution is -2.39. The number of amides is 3. The van der Waals surface area contributed by atoms with Crippen LogP contribution in [0, 0.1) is 6.92 Å². The third-order valence-electron chi connectivity index (χ3n) is 9.79. The van der Waals surface area contributed by atoms with Gasteiger partial charge in [0.15, 0.2) is 16.7 Å². The monoisotopic (exact) mass is 737 g/mol. The molecule has 0 saturated heterocycles. The fourth-order valence-corrected chi connectivity index (χ4v) is 7.77. The highest BCUT2D eigenvalue weighted by atomic mass is 35.5. The standard InChI is InChI=1S/C41H44ClN5O4S/c1-5-7-22-45(23-8-6-2)41(50)38-37(42)28(4)47(43-38)36-20-18-32(39(48)44-52(51)33-19-17-29-13-9-10-15-31(29)25-33)26-35(36)40(49)46-24-21-30-14-11-12-16-34(30)27(46)3/h9-20,25-27H,5-8,21-24H2,1-4H3,(H,44,48). The van der Waals surface area contributed by atoms with E-state index in [0.717, 1.165) is 42.0 Å². The van der Waals surface area contributed by atoms with Crippen LogP contribution in [0.5, 0.6) is 0 Å². The molecule has 0 fully saturated rings. The quantitative estimate of drug-likeness (QED) is 0.139. The summed E-state index contributed by atoms with van der Waals surface area (Å²) in [5.41, 5.74) is 3.63. The van der Waals surface area contributed by atoms with E-state index in [0.29, 0.717) is 42.3 Å². The molecule has 0 aliphatic carbocycles. The lowest BCUT2D eigenvalue weighted by atomic mass is 9.92. The lowest BCUT2D eigenvalue weighted by molar-refractivity contribution is 0.0677. The number of hydrogen-bond donors (Lipinski definition) is 1. The van der Waals surface area contributed by atoms with Crippen LogP contribution in [0.4, 0.5) is 0 Å². The molecule has 0 spiro atoms. The summed E-state index contributed by atoms with van der Waals surface area (Å²) in [5.74, 6) is -1.15. The summed E-state index contributed by atoms with van der Waals surface area (Å²) in [7, 11) is -1.85. The maximum absolute atomic E-state index is 14.6. The Hall–Kier alpha value is -4.80. The number of fused-ring (bicyclic) bond motifs is 2. The Morgan fingerprint density at radius 2 is 1.62 bits per heavy atom. The van der Waals surface area contributed by atoms with Crippen molar-refractivity contribution in [2.45, 2.75) is 70.7 Å². The normalized spacial score (nSPS) is 14.6. The molecule has 1 N–H and O–H groups in total. The zero-order chi connectivity index (χ0) is 36.9. The molecular formula is C41H44ClN5O4S. The van der Waals surface area contributed by atoms with Crippen molar-refractivity contribution in [1.82, 2.24) is 24.3 Å². The van der Waals surface area contributed by atoms with Crippen LogP contribution < -0.4 is 4.72 Å². The summed E-state index contributed by atoms with van der Waals surface area (Å²) < 4.78 is 17.5. The molecule has 0 saturated carbocycles. The molecular weight excluding hydrogens is 694 g/mol. The minimum atomic E-state index is -1.85. The molecule has 6 rings (SSSR count). The van der Waals surface area contributed by atoms with E-state index >= 15 is 0 Å². The van der Waals surface area contributed by atoms with Crippen LogP contribution in [0.15, 0.2) is 89.8 Å². The van der Waals surface area contributed by atoms with E-state index in [1.165, 1.54) is 16.3 Å². The number of hydrogen-bond acceptors (Lipinski definition) is 5. The van der Waals surface area contributed by atoms with Gasteiger partial charge in [0.25, 0.3) is 17.7 Å². The zero-order valence-electron chi connectivity index (χ0n) is 30.0. The van der Waals surface area contributed by atoms with Crippen LogP contribution >= 0.6 is 11.6 Å². The van der Waals surface area contributed by atoms with Gasteiger partial charge < -0.3 is 9.80 Å². The first kappa shape index (κ1) is 37.0. The Morgan fingerprint density at radius 1 is 0.923 bits per heavy atom. The topological polar surface area (TPSA) is 105 Å². The van der Waals surface area contributed by atoms with E-state index in [9.17, 15) is 18.6 Å². The van der Waals surface area contributed by atoms with Crippen LogP contribution in [0.2, 0.25) is 5.02 Å². The van der Waals surface area contributed by atoms with E-state index in [1.807, 2.05) is 55.5 Å². The van der Waals surface area contributed by atoms with Gasteiger partial charge in [-0.25, -0.2) is 8.89 Å². The first-order valence-corrected chi connectivity index (χ1v) is 19.4. The summed E-state index contributed by atoms with van der Waals surface area (Å²) in [6.07, 6.45) is 4.29. The van der Waals surface area contributed by atoms with Crippen LogP contribution in [-0.4, -0.2) is 61.1 Å². The van der Waals surface area contributed by atoms with Gasteiger partial charge in [-0.05, 0) is 85.3 Å². The Balaban J connectivity index is 1.38. The molecule has 4 aromatic carbocycles. The van der Waals surface area contributed by atoms with Crippen LogP contribution in [0.1, 0.15) is 101 Å². The summed E-state index contributed by atoms with van der Waals surface area (Å²) in [4.78, 5) is 46.2. The first-order valence-electron chi connectivity index (χ1n) is 17.9. The second-order valence-electron chi connectivity index (χ2n) is 13.2. The van der Waals surface area contributed by atoms with Crippen molar-refractivity contribution in [3.63, 3.8) is 0 Å². The van der Waals surface area contributed by atoms with E-state index in [-0.39, 0.29) is 39.7 Å². The van der Waals surface area contributed by atoms with Gasteiger partial charge in [-0.3, -0.25) is 19.1 Å². The van der Waals surface area contributed by atoms with Gasteiger partial charge in [0.1, 0.15) is 0 Å². The Morgan fingerprint density at radius 3 is 2.35 bits per heavy atom. The van der Waals surface area contributed by atoms with Crippen molar-refractivity contribution in [2.24, 2.45) is 0 Å². The fourth-order valence-electron chi connectivity index (χ4n) is 6.74. The number of benzene rings is 4. The highest BCUT2D eigenvalue weighted by molar-refractivity contribution is 7.83. The molecule has 2 heterocycles. The van der Waals surface area contributed by atoms with Crippen molar-refractivity contribution in [3.05, 3.63) is 124 Å². The predicted molar refractivity (Wildman–Crippen MR) is 206 cm³/mol.